The molecule has 0 aromatic heterocycles. The standard InChI is InChI=1S/C13H10BrFN2O2/c14-10-3-6-13(17(18)19)12(7-10)16-8-9-1-4-11(15)5-2-9/h1-7,16H,8H2. The normalized spacial score (nSPS) is 10.2. The highest BCUT2D eigenvalue weighted by molar-refractivity contribution is 9.10. The lowest BCUT2D eigenvalue weighted by Gasteiger charge is -2.07. The summed E-state index contributed by atoms with van der Waals surface area (Å²) < 4.78 is 13.5. The van der Waals surface area contributed by atoms with Crippen LogP contribution in [0.1, 0.15) is 5.56 Å². The Morgan fingerprint density at radius 2 is 1.89 bits per heavy atom. The SMILES string of the molecule is O=[N+]([O-])c1ccc(Br)cc1NCc1ccc(F)cc1. The van der Waals surface area contributed by atoms with E-state index >= 15 is 0 Å². The van der Waals surface area contributed by atoms with Crippen molar-refractivity contribution in [2.24, 2.45) is 0 Å². The average molecular weight is 325 g/mol. The molecule has 0 saturated carbocycles. The molecular weight excluding hydrogens is 315 g/mol. The van der Waals surface area contributed by atoms with Crippen LogP contribution in [0.2, 0.25) is 0 Å². The van der Waals surface area contributed by atoms with Crippen molar-refractivity contribution in [1.29, 1.82) is 0 Å². The van der Waals surface area contributed by atoms with Gasteiger partial charge in [0, 0.05) is 17.1 Å². The Labute approximate surface area is 117 Å². The Morgan fingerprint density at radius 1 is 1.21 bits per heavy atom. The monoisotopic (exact) mass is 324 g/mol. The molecule has 1 N–H and O–H groups in total. The second kappa shape index (κ2) is 5.79. The molecule has 19 heavy (non-hydrogen) atoms. The molecule has 0 spiro atoms. The lowest BCUT2D eigenvalue weighted by Crippen LogP contribution is -2.02. The largest absolute Gasteiger partial charge is 0.375 e. The number of anilines is 1. The molecule has 0 radical (unpaired) electrons. The molecular formula is C13H10BrFN2O2. The van der Waals surface area contributed by atoms with Crippen LogP contribution in [0.3, 0.4) is 0 Å². The van der Waals surface area contributed by atoms with E-state index in [1.54, 1.807) is 24.3 Å². The van der Waals surface area contributed by atoms with Crippen LogP contribution >= 0.6 is 15.9 Å². The lowest BCUT2D eigenvalue weighted by molar-refractivity contribution is -0.384. The Balaban J connectivity index is 2.16. The molecule has 0 atom stereocenters. The van der Waals surface area contributed by atoms with Crippen LogP contribution < -0.4 is 5.32 Å². The van der Waals surface area contributed by atoms with Crippen molar-refractivity contribution < 1.29 is 9.31 Å². The van der Waals surface area contributed by atoms with Crippen molar-refractivity contribution in [2.75, 3.05) is 5.32 Å². The maximum Gasteiger partial charge on any atom is 0.292 e. The van der Waals surface area contributed by atoms with E-state index in [1.807, 2.05) is 0 Å². The second-order valence-electron chi connectivity index (χ2n) is 3.90. The zero-order valence-electron chi connectivity index (χ0n) is 9.77. The van der Waals surface area contributed by atoms with Gasteiger partial charge in [0.05, 0.1) is 4.92 Å². The third-order valence-electron chi connectivity index (χ3n) is 2.55. The summed E-state index contributed by atoms with van der Waals surface area (Å²) in [5.41, 5.74) is 1.27. The van der Waals surface area contributed by atoms with Crippen LogP contribution in [0.25, 0.3) is 0 Å². The Kier molecular flexibility index (Phi) is 4.11. The first-order valence-corrected chi connectivity index (χ1v) is 6.28. The molecule has 6 heteroatoms. The van der Waals surface area contributed by atoms with E-state index < -0.39 is 4.92 Å². The number of benzene rings is 2. The number of nitrogens with zero attached hydrogens (tertiary/aromatic N) is 1. The molecule has 0 fully saturated rings. The first-order chi connectivity index (χ1) is 9.06. The van der Waals surface area contributed by atoms with Crippen molar-refractivity contribution in [3.05, 3.63) is 68.4 Å². The molecule has 0 aliphatic heterocycles. The zero-order chi connectivity index (χ0) is 13.8. The van der Waals surface area contributed by atoms with Gasteiger partial charge in [-0.15, -0.1) is 0 Å². The van der Waals surface area contributed by atoms with Gasteiger partial charge in [-0.25, -0.2) is 4.39 Å². The molecule has 0 unspecified atom stereocenters. The number of hydrogen-bond donors (Lipinski definition) is 1. The van der Waals surface area contributed by atoms with Gasteiger partial charge < -0.3 is 5.32 Å². The first kappa shape index (κ1) is 13.5. The van der Waals surface area contributed by atoms with E-state index in [2.05, 4.69) is 21.2 Å². The summed E-state index contributed by atoms with van der Waals surface area (Å²) in [6.45, 7) is 0.386. The van der Waals surface area contributed by atoms with E-state index in [0.717, 1.165) is 10.0 Å². The van der Waals surface area contributed by atoms with Crippen LogP contribution in [-0.2, 0) is 6.54 Å². The molecule has 4 nitrogen and oxygen atoms in total. The summed E-state index contributed by atoms with van der Waals surface area (Å²) in [4.78, 5) is 10.4. The zero-order valence-corrected chi connectivity index (χ0v) is 11.4. The van der Waals surface area contributed by atoms with Gasteiger partial charge in [-0.1, -0.05) is 28.1 Å². The van der Waals surface area contributed by atoms with Crippen LogP contribution in [0.5, 0.6) is 0 Å². The van der Waals surface area contributed by atoms with Gasteiger partial charge in [-0.3, -0.25) is 10.1 Å². The molecule has 0 amide bonds. The van der Waals surface area contributed by atoms with Gasteiger partial charge in [0.1, 0.15) is 11.5 Å². The maximum absolute atomic E-state index is 12.8. The van der Waals surface area contributed by atoms with E-state index in [1.165, 1.54) is 18.2 Å². The number of nitro benzene ring substituents is 1. The van der Waals surface area contributed by atoms with E-state index in [4.69, 9.17) is 0 Å². The van der Waals surface area contributed by atoms with Gasteiger partial charge in [0.2, 0.25) is 0 Å². The minimum atomic E-state index is -0.445. The summed E-state index contributed by atoms with van der Waals surface area (Å²) >= 11 is 3.27. The third kappa shape index (κ3) is 3.51. The van der Waals surface area contributed by atoms with Crippen molar-refractivity contribution in [2.45, 2.75) is 6.54 Å². The van der Waals surface area contributed by atoms with Gasteiger partial charge in [0.25, 0.3) is 5.69 Å². The van der Waals surface area contributed by atoms with E-state index in [-0.39, 0.29) is 11.5 Å². The molecule has 2 aromatic carbocycles. The van der Waals surface area contributed by atoms with Crippen molar-refractivity contribution in [3.63, 3.8) is 0 Å². The van der Waals surface area contributed by atoms with Crippen LogP contribution in [0, 0.1) is 15.9 Å². The molecule has 2 rings (SSSR count). The summed E-state index contributed by atoms with van der Waals surface area (Å²) in [6.07, 6.45) is 0. The smallest absolute Gasteiger partial charge is 0.292 e. The second-order valence-corrected chi connectivity index (χ2v) is 4.81. The Morgan fingerprint density at radius 3 is 2.53 bits per heavy atom. The van der Waals surface area contributed by atoms with Crippen LogP contribution in [0.15, 0.2) is 46.9 Å². The minimum absolute atomic E-state index is 0.00492. The molecule has 98 valence electrons. The lowest BCUT2D eigenvalue weighted by atomic mass is 10.2. The van der Waals surface area contributed by atoms with E-state index in [0.29, 0.717) is 12.2 Å². The summed E-state index contributed by atoms with van der Waals surface area (Å²) in [7, 11) is 0. The van der Waals surface area contributed by atoms with Gasteiger partial charge in [-0.2, -0.15) is 0 Å². The number of halogens is 2. The Hall–Kier alpha value is -1.95. The minimum Gasteiger partial charge on any atom is -0.375 e. The number of hydrogen-bond acceptors (Lipinski definition) is 3. The molecule has 2 aromatic rings. The van der Waals surface area contributed by atoms with Crippen LogP contribution in [0.4, 0.5) is 15.8 Å². The third-order valence-corrected chi connectivity index (χ3v) is 3.04. The van der Waals surface area contributed by atoms with Gasteiger partial charge in [0.15, 0.2) is 0 Å². The predicted molar refractivity (Wildman–Crippen MR) is 74.5 cm³/mol. The highest BCUT2D eigenvalue weighted by Gasteiger charge is 2.13. The molecule has 0 aliphatic carbocycles. The average Bonchev–Trinajstić information content (AvgIpc) is 2.38. The fourth-order valence-electron chi connectivity index (χ4n) is 1.61. The summed E-state index contributed by atoms with van der Waals surface area (Å²) in [5, 5.41) is 13.9. The number of rotatable bonds is 4. The number of nitrogens with one attached hydrogen (secondary N) is 1. The molecule has 0 heterocycles. The van der Waals surface area contributed by atoms with Gasteiger partial charge in [-0.05, 0) is 29.8 Å². The fourth-order valence-corrected chi connectivity index (χ4v) is 1.97. The topological polar surface area (TPSA) is 55.2 Å². The molecule has 0 bridgehead atoms. The highest BCUT2D eigenvalue weighted by Crippen LogP contribution is 2.28. The summed E-state index contributed by atoms with van der Waals surface area (Å²) in [6, 6.07) is 10.6. The summed E-state index contributed by atoms with van der Waals surface area (Å²) in [5.74, 6) is -0.308. The molecule has 0 aliphatic rings. The quantitative estimate of drug-likeness (QED) is 0.680. The fraction of sp³-hybridized carbons (Fsp3) is 0.0769. The Bertz CT molecular complexity index is 602. The van der Waals surface area contributed by atoms with Crippen molar-refractivity contribution in [3.8, 4) is 0 Å². The van der Waals surface area contributed by atoms with Gasteiger partial charge >= 0.3 is 0 Å². The first-order valence-electron chi connectivity index (χ1n) is 5.48. The maximum atomic E-state index is 12.8. The van der Waals surface area contributed by atoms with E-state index in [9.17, 15) is 14.5 Å². The predicted octanol–water partition coefficient (Wildman–Crippen LogP) is 4.11. The van der Waals surface area contributed by atoms with Crippen molar-refractivity contribution >= 4 is 27.3 Å². The molecule has 0 saturated heterocycles. The number of nitro groups is 1. The highest BCUT2D eigenvalue weighted by atomic mass is 79.9. The van der Waals surface area contributed by atoms with Crippen LogP contribution in [-0.4, -0.2) is 4.92 Å². The van der Waals surface area contributed by atoms with Crippen molar-refractivity contribution in [1.82, 2.24) is 0 Å².